The van der Waals surface area contributed by atoms with Crippen LogP contribution in [0.3, 0.4) is 0 Å². The van der Waals surface area contributed by atoms with Crippen molar-refractivity contribution < 1.29 is 8.78 Å². The summed E-state index contributed by atoms with van der Waals surface area (Å²) in [6, 6.07) is 2.31. The van der Waals surface area contributed by atoms with Crippen LogP contribution in [-0.4, -0.2) is 6.21 Å². The molecule has 1 nitrogen and oxygen atoms in total. The average Bonchev–Trinajstić information content (AvgIpc) is 2.11. The van der Waals surface area contributed by atoms with E-state index in [1.807, 2.05) is 6.92 Å². The van der Waals surface area contributed by atoms with Crippen LogP contribution in [0.15, 0.2) is 17.1 Å². The third-order valence-electron chi connectivity index (χ3n) is 1.77. The maximum absolute atomic E-state index is 12.8. The highest BCUT2D eigenvalue weighted by Crippen LogP contribution is 2.22. The Morgan fingerprint density at radius 2 is 1.92 bits per heavy atom. The van der Waals surface area contributed by atoms with E-state index in [4.69, 9.17) is 0 Å². The Bertz CT molecular complexity index is 332. The van der Waals surface area contributed by atoms with E-state index in [0.29, 0.717) is 12.1 Å². The third-order valence-corrected chi connectivity index (χ3v) is 1.77. The largest absolute Gasteiger partial charge is 0.261 e. The van der Waals surface area contributed by atoms with E-state index in [1.165, 1.54) is 6.07 Å². The molecular formula is C10H11F2N. The van der Waals surface area contributed by atoms with Gasteiger partial charge in [0.15, 0.2) is 11.6 Å². The van der Waals surface area contributed by atoms with Gasteiger partial charge in [-0.2, -0.15) is 0 Å². The van der Waals surface area contributed by atoms with Crippen LogP contribution in [0.2, 0.25) is 0 Å². The Kier molecular flexibility index (Phi) is 3.12. The maximum Gasteiger partial charge on any atom is 0.160 e. The van der Waals surface area contributed by atoms with E-state index in [0.717, 1.165) is 11.6 Å². The molecular weight excluding hydrogens is 172 g/mol. The lowest BCUT2D eigenvalue weighted by atomic mass is 10.1. The molecule has 0 unspecified atom stereocenters. The monoisotopic (exact) mass is 183 g/mol. The standard InChI is InChI=1S/C10H11F2N/c1-3-7-5-8(11)9(12)6-10(7)13-4-2/h4-6H,3H2,1-2H3. The molecule has 0 saturated heterocycles. The predicted octanol–water partition coefficient (Wildman–Crippen LogP) is 3.25. The molecule has 3 heteroatoms. The van der Waals surface area contributed by atoms with Crippen LogP contribution in [0, 0.1) is 11.6 Å². The van der Waals surface area contributed by atoms with Gasteiger partial charge < -0.3 is 0 Å². The SMILES string of the molecule is CC=Nc1cc(F)c(F)cc1CC. The first-order valence-corrected chi connectivity index (χ1v) is 4.15. The van der Waals surface area contributed by atoms with E-state index < -0.39 is 11.6 Å². The summed E-state index contributed by atoms with van der Waals surface area (Å²) < 4.78 is 25.5. The van der Waals surface area contributed by atoms with Gasteiger partial charge in [-0.05, 0) is 25.0 Å². The van der Waals surface area contributed by atoms with Crippen LogP contribution < -0.4 is 0 Å². The number of aliphatic imine (C=N–C) groups is 1. The van der Waals surface area contributed by atoms with Gasteiger partial charge in [0.05, 0.1) is 5.69 Å². The van der Waals surface area contributed by atoms with E-state index in [-0.39, 0.29) is 0 Å². The number of hydrogen-bond acceptors (Lipinski definition) is 1. The minimum Gasteiger partial charge on any atom is -0.261 e. The van der Waals surface area contributed by atoms with E-state index in [1.54, 1.807) is 13.1 Å². The molecule has 0 amide bonds. The van der Waals surface area contributed by atoms with E-state index in [2.05, 4.69) is 4.99 Å². The minimum atomic E-state index is -0.849. The van der Waals surface area contributed by atoms with Gasteiger partial charge in [0.1, 0.15) is 0 Å². The molecule has 0 atom stereocenters. The molecule has 0 radical (unpaired) electrons. The van der Waals surface area contributed by atoms with Crippen molar-refractivity contribution in [3.05, 3.63) is 29.3 Å². The molecule has 13 heavy (non-hydrogen) atoms. The second-order valence-corrected chi connectivity index (χ2v) is 2.64. The summed E-state index contributed by atoms with van der Waals surface area (Å²) in [5, 5.41) is 0. The number of hydrogen-bond donors (Lipinski definition) is 0. The fourth-order valence-corrected chi connectivity index (χ4v) is 1.12. The molecule has 1 rings (SSSR count). The van der Waals surface area contributed by atoms with Gasteiger partial charge in [0, 0.05) is 12.3 Å². The molecule has 70 valence electrons. The van der Waals surface area contributed by atoms with Gasteiger partial charge in [0.2, 0.25) is 0 Å². The van der Waals surface area contributed by atoms with Crippen molar-refractivity contribution in [1.82, 2.24) is 0 Å². The molecule has 0 aliphatic carbocycles. The third kappa shape index (κ3) is 2.11. The second-order valence-electron chi connectivity index (χ2n) is 2.64. The lowest BCUT2D eigenvalue weighted by Crippen LogP contribution is -1.89. The molecule has 0 aromatic heterocycles. The van der Waals surface area contributed by atoms with Crippen molar-refractivity contribution in [2.45, 2.75) is 20.3 Å². The van der Waals surface area contributed by atoms with Crippen LogP contribution in [0.1, 0.15) is 19.4 Å². The summed E-state index contributed by atoms with van der Waals surface area (Å²) in [5.74, 6) is -1.66. The lowest BCUT2D eigenvalue weighted by molar-refractivity contribution is 0.507. The van der Waals surface area contributed by atoms with Crippen LogP contribution in [0.25, 0.3) is 0 Å². The lowest BCUT2D eigenvalue weighted by Gasteiger charge is -2.03. The Balaban J connectivity index is 3.24. The van der Waals surface area contributed by atoms with Crippen LogP contribution in [0.4, 0.5) is 14.5 Å². The summed E-state index contributed by atoms with van der Waals surface area (Å²) in [7, 11) is 0. The zero-order valence-corrected chi connectivity index (χ0v) is 7.64. The second kappa shape index (κ2) is 4.12. The minimum absolute atomic E-state index is 0.504. The molecule has 0 spiro atoms. The summed E-state index contributed by atoms with van der Waals surface area (Å²) in [4.78, 5) is 3.95. The van der Waals surface area contributed by atoms with Crippen LogP contribution in [0.5, 0.6) is 0 Å². The zero-order chi connectivity index (χ0) is 9.84. The highest BCUT2D eigenvalue weighted by molar-refractivity contribution is 5.62. The van der Waals surface area contributed by atoms with Gasteiger partial charge in [-0.15, -0.1) is 0 Å². The quantitative estimate of drug-likeness (QED) is 0.624. The molecule has 0 aliphatic heterocycles. The zero-order valence-electron chi connectivity index (χ0n) is 7.64. The Labute approximate surface area is 76.1 Å². The van der Waals surface area contributed by atoms with E-state index in [9.17, 15) is 8.78 Å². The number of halogens is 2. The topological polar surface area (TPSA) is 12.4 Å². The van der Waals surface area contributed by atoms with Gasteiger partial charge >= 0.3 is 0 Å². The Hall–Kier alpha value is -1.25. The first-order valence-electron chi connectivity index (χ1n) is 4.15. The van der Waals surface area contributed by atoms with Gasteiger partial charge in [-0.25, -0.2) is 8.78 Å². The highest BCUT2D eigenvalue weighted by atomic mass is 19.2. The first kappa shape index (κ1) is 9.84. The van der Waals surface area contributed by atoms with Crippen LogP contribution in [-0.2, 0) is 6.42 Å². The number of rotatable bonds is 2. The maximum atomic E-state index is 12.8. The number of nitrogens with zero attached hydrogens (tertiary/aromatic N) is 1. The fraction of sp³-hybridized carbons (Fsp3) is 0.300. The van der Waals surface area contributed by atoms with E-state index >= 15 is 0 Å². The summed E-state index contributed by atoms with van der Waals surface area (Å²) in [6.45, 7) is 3.61. The smallest absolute Gasteiger partial charge is 0.160 e. The van der Waals surface area contributed by atoms with Crippen molar-refractivity contribution >= 4 is 11.9 Å². The molecule has 0 bridgehead atoms. The van der Waals surface area contributed by atoms with Crippen molar-refractivity contribution in [2.24, 2.45) is 4.99 Å². The normalized spacial score (nSPS) is 11.1. The van der Waals surface area contributed by atoms with Gasteiger partial charge in [0.25, 0.3) is 0 Å². The van der Waals surface area contributed by atoms with Crippen molar-refractivity contribution in [1.29, 1.82) is 0 Å². The average molecular weight is 183 g/mol. The highest BCUT2D eigenvalue weighted by Gasteiger charge is 2.06. The van der Waals surface area contributed by atoms with Gasteiger partial charge in [-0.3, -0.25) is 4.99 Å². The molecule has 0 saturated carbocycles. The molecule has 1 aromatic carbocycles. The molecule has 0 N–H and O–H groups in total. The molecule has 0 aliphatic rings. The molecule has 0 fully saturated rings. The fourth-order valence-electron chi connectivity index (χ4n) is 1.12. The summed E-state index contributed by atoms with van der Waals surface area (Å²) >= 11 is 0. The van der Waals surface area contributed by atoms with Crippen molar-refractivity contribution in [3.63, 3.8) is 0 Å². The van der Waals surface area contributed by atoms with Crippen LogP contribution >= 0.6 is 0 Å². The number of benzene rings is 1. The molecule has 0 heterocycles. The Morgan fingerprint density at radius 1 is 1.31 bits per heavy atom. The first-order chi connectivity index (χ1) is 6.19. The van der Waals surface area contributed by atoms with Crippen molar-refractivity contribution in [2.75, 3.05) is 0 Å². The number of aryl methyl sites for hydroxylation is 1. The summed E-state index contributed by atoms with van der Waals surface area (Å²) in [6.07, 6.45) is 2.20. The predicted molar refractivity (Wildman–Crippen MR) is 49.6 cm³/mol. The molecule has 1 aromatic rings. The van der Waals surface area contributed by atoms with Gasteiger partial charge in [-0.1, -0.05) is 6.92 Å². The Morgan fingerprint density at radius 3 is 2.46 bits per heavy atom. The summed E-state index contributed by atoms with van der Waals surface area (Å²) in [5.41, 5.74) is 1.22. The van der Waals surface area contributed by atoms with Crippen molar-refractivity contribution in [3.8, 4) is 0 Å².